The van der Waals surface area contributed by atoms with Crippen molar-refractivity contribution in [2.75, 3.05) is 5.32 Å². The van der Waals surface area contributed by atoms with Crippen LogP contribution in [-0.4, -0.2) is 27.9 Å². The molecule has 0 spiro atoms. The lowest BCUT2D eigenvalue weighted by molar-refractivity contribution is -0.116. The molecule has 3 rings (SSSR count). The average molecular weight is 352 g/mol. The number of hydrogen-bond acceptors (Lipinski definition) is 4. The second-order valence-corrected chi connectivity index (χ2v) is 6.40. The summed E-state index contributed by atoms with van der Waals surface area (Å²) in [6, 6.07) is 18.1. The van der Waals surface area contributed by atoms with Crippen LogP contribution in [0.25, 0.3) is 0 Å². The molecule has 0 radical (unpaired) electrons. The number of anilines is 1. The van der Waals surface area contributed by atoms with Crippen molar-refractivity contribution in [3.63, 3.8) is 0 Å². The van der Waals surface area contributed by atoms with Gasteiger partial charge in [-0.15, -0.1) is 0 Å². The number of urea groups is 1. The second-order valence-electron chi connectivity index (χ2n) is 5.30. The Bertz CT molecular complexity index is 835. The number of carbonyl (C=O) groups excluding carboxylic acids is 2. The molecule has 0 fully saturated rings. The quantitative estimate of drug-likeness (QED) is 0.654. The smallest absolute Gasteiger partial charge is 0.307 e. The third-order valence-electron chi connectivity index (χ3n) is 3.43. The Balaban J connectivity index is 1.60. The van der Waals surface area contributed by atoms with Gasteiger partial charge in [-0.2, -0.15) is 5.10 Å². The van der Waals surface area contributed by atoms with Crippen molar-refractivity contribution >= 4 is 40.1 Å². The van der Waals surface area contributed by atoms with Gasteiger partial charge in [-0.1, -0.05) is 60.3 Å². The molecule has 0 bridgehead atoms. The molecule has 1 heterocycles. The largest absolute Gasteiger partial charge is 0.339 e. The van der Waals surface area contributed by atoms with Gasteiger partial charge in [0.05, 0.1) is 5.71 Å². The van der Waals surface area contributed by atoms with E-state index in [1.807, 2.05) is 48.5 Å². The minimum Gasteiger partial charge on any atom is -0.307 e. The Hall–Kier alpha value is -2.93. The van der Waals surface area contributed by atoms with Crippen LogP contribution < -0.4 is 10.7 Å². The second kappa shape index (κ2) is 7.76. The molecular formula is C18H16N4O2S. The molecule has 25 heavy (non-hydrogen) atoms. The number of nitrogens with one attached hydrogen (secondary N) is 2. The lowest BCUT2D eigenvalue weighted by atomic mass is 10.2. The fraction of sp³-hybridized carbons (Fsp3) is 0.111. The molecule has 2 aromatic carbocycles. The van der Waals surface area contributed by atoms with Crippen LogP contribution in [-0.2, 0) is 4.79 Å². The Morgan fingerprint density at radius 1 is 1.08 bits per heavy atom. The first-order valence-electron chi connectivity index (χ1n) is 7.64. The number of hydrogen-bond donors (Lipinski definition) is 2. The zero-order valence-electron chi connectivity index (χ0n) is 13.5. The van der Waals surface area contributed by atoms with Crippen LogP contribution in [0.15, 0.2) is 70.8 Å². The van der Waals surface area contributed by atoms with E-state index in [1.54, 1.807) is 19.1 Å². The fourth-order valence-corrected chi connectivity index (χ4v) is 3.22. The summed E-state index contributed by atoms with van der Waals surface area (Å²) in [6.45, 7) is 1.70. The number of aliphatic imine (C=N–C) groups is 1. The van der Waals surface area contributed by atoms with Gasteiger partial charge in [-0.05, 0) is 19.1 Å². The summed E-state index contributed by atoms with van der Waals surface area (Å²) < 4.78 is 0. The number of hydrazone groups is 1. The summed E-state index contributed by atoms with van der Waals surface area (Å²) in [4.78, 5) is 28.1. The molecule has 1 atom stereocenters. The number of nitrogens with zero attached hydrogens (tertiary/aromatic N) is 2. The first-order valence-corrected chi connectivity index (χ1v) is 8.52. The van der Waals surface area contributed by atoms with E-state index in [-0.39, 0.29) is 5.91 Å². The van der Waals surface area contributed by atoms with Crippen LogP contribution in [0.1, 0.15) is 12.5 Å². The van der Waals surface area contributed by atoms with Crippen molar-refractivity contribution in [3.8, 4) is 0 Å². The standard InChI is InChI=1S/C18H16N4O2S/c1-12(21-22-18(24)19-14-10-6-3-7-11-14)15-16(23)20-17(25-15)13-8-4-2-5-9-13/h2-11,15H,1H3,(H2,19,22,24)/b21-12+. The van der Waals surface area contributed by atoms with Gasteiger partial charge in [0.15, 0.2) is 0 Å². The van der Waals surface area contributed by atoms with E-state index in [0.29, 0.717) is 16.4 Å². The zero-order chi connectivity index (χ0) is 17.6. The molecule has 3 amide bonds. The molecule has 0 saturated heterocycles. The molecule has 1 aliphatic heterocycles. The Kier molecular flexibility index (Phi) is 5.25. The van der Waals surface area contributed by atoms with Gasteiger partial charge in [-0.25, -0.2) is 15.2 Å². The summed E-state index contributed by atoms with van der Waals surface area (Å²) in [7, 11) is 0. The van der Waals surface area contributed by atoms with Gasteiger partial charge in [0.2, 0.25) is 0 Å². The van der Waals surface area contributed by atoms with Crippen LogP contribution in [0, 0.1) is 0 Å². The lowest BCUT2D eigenvalue weighted by Crippen LogP contribution is -2.28. The lowest BCUT2D eigenvalue weighted by Gasteiger charge is -2.08. The van der Waals surface area contributed by atoms with E-state index in [9.17, 15) is 9.59 Å². The highest BCUT2D eigenvalue weighted by molar-refractivity contribution is 8.16. The highest BCUT2D eigenvalue weighted by Crippen LogP contribution is 2.27. The number of rotatable bonds is 4. The van der Waals surface area contributed by atoms with Crippen molar-refractivity contribution in [2.24, 2.45) is 10.1 Å². The van der Waals surface area contributed by atoms with Gasteiger partial charge in [-0.3, -0.25) is 4.79 Å². The third-order valence-corrected chi connectivity index (χ3v) is 4.76. The molecule has 0 aromatic heterocycles. The Morgan fingerprint density at radius 3 is 2.40 bits per heavy atom. The van der Waals surface area contributed by atoms with Crippen LogP contribution in [0.5, 0.6) is 0 Å². The maximum atomic E-state index is 12.1. The van der Waals surface area contributed by atoms with Gasteiger partial charge >= 0.3 is 6.03 Å². The van der Waals surface area contributed by atoms with E-state index in [0.717, 1.165) is 5.56 Å². The van der Waals surface area contributed by atoms with Crippen molar-refractivity contribution < 1.29 is 9.59 Å². The number of para-hydroxylation sites is 1. The SMILES string of the molecule is C/C(=N\NC(=O)Nc1ccccc1)C1SC(c2ccccc2)=NC1=O. The van der Waals surface area contributed by atoms with E-state index >= 15 is 0 Å². The van der Waals surface area contributed by atoms with Crippen LogP contribution in [0.4, 0.5) is 10.5 Å². The van der Waals surface area contributed by atoms with Crippen molar-refractivity contribution in [2.45, 2.75) is 12.2 Å². The molecule has 6 nitrogen and oxygen atoms in total. The molecule has 7 heteroatoms. The minimum absolute atomic E-state index is 0.268. The zero-order valence-corrected chi connectivity index (χ0v) is 14.3. The molecule has 0 aliphatic carbocycles. The van der Waals surface area contributed by atoms with Crippen LogP contribution in [0.2, 0.25) is 0 Å². The molecule has 2 N–H and O–H groups in total. The van der Waals surface area contributed by atoms with Gasteiger partial charge in [0.1, 0.15) is 10.3 Å². The summed E-state index contributed by atoms with van der Waals surface area (Å²) in [5.41, 5.74) is 4.45. The summed E-state index contributed by atoms with van der Waals surface area (Å²) in [5.74, 6) is -0.268. The van der Waals surface area contributed by atoms with Crippen molar-refractivity contribution in [3.05, 3.63) is 66.2 Å². The predicted octanol–water partition coefficient (Wildman–Crippen LogP) is 3.27. The molecule has 1 unspecified atom stereocenters. The minimum atomic E-state index is -0.521. The number of benzene rings is 2. The predicted molar refractivity (Wildman–Crippen MR) is 101 cm³/mol. The first kappa shape index (κ1) is 16.9. The number of amides is 3. The molecule has 2 aromatic rings. The fourth-order valence-electron chi connectivity index (χ4n) is 2.20. The van der Waals surface area contributed by atoms with Crippen molar-refractivity contribution in [1.29, 1.82) is 0 Å². The van der Waals surface area contributed by atoms with Crippen molar-refractivity contribution in [1.82, 2.24) is 5.43 Å². The van der Waals surface area contributed by atoms with Gasteiger partial charge < -0.3 is 5.32 Å². The summed E-state index contributed by atoms with van der Waals surface area (Å²) in [6.07, 6.45) is 0. The summed E-state index contributed by atoms with van der Waals surface area (Å²) in [5, 5.41) is 6.82. The highest BCUT2D eigenvalue weighted by Gasteiger charge is 2.31. The molecule has 126 valence electrons. The normalized spacial score (nSPS) is 17.2. The van der Waals surface area contributed by atoms with Crippen LogP contribution >= 0.6 is 11.8 Å². The van der Waals surface area contributed by atoms with E-state index in [1.165, 1.54) is 11.8 Å². The monoisotopic (exact) mass is 352 g/mol. The van der Waals surface area contributed by atoms with Gasteiger partial charge in [0, 0.05) is 11.3 Å². The van der Waals surface area contributed by atoms with E-state index in [4.69, 9.17) is 0 Å². The molecule has 0 saturated carbocycles. The highest BCUT2D eigenvalue weighted by atomic mass is 32.2. The first-order chi connectivity index (χ1) is 12.1. The van der Waals surface area contributed by atoms with E-state index in [2.05, 4.69) is 20.8 Å². The van der Waals surface area contributed by atoms with Gasteiger partial charge in [0.25, 0.3) is 5.91 Å². The third kappa shape index (κ3) is 4.33. The molecular weight excluding hydrogens is 336 g/mol. The number of carbonyl (C=O) groups is 2. The topological polar surface area (TPSA) is 82.9 Å². The van der Waals surface area contributed by atoms with E-state index < -0.39 is 11.3 Å². The number of thioether (sulfide) groups is 1. The Morgan fingerprint density at radius 2 is 1.72 bits per heavy atom. The molecule has 1 aliphatic rings. The van der Waals surface area contributed by atoms with Crippen LogP contribution in [0.3, 0.4) is 0 Å². The summed E-state index contributed by atoms with van der Waals surface area (Å²) >= 11 is 1.33. The maximum Gasteiger partial charge on any atom is 0.339 e. The average Bonchev–Trinajstić information content (AvgIpc) is 3.03. The Labute approximate surface area is 149 Å². The maximum absolute atomic E-state index is 12.1.